The van der Waals surface area contributed by atoms with Gasteiger partial charge in [0.15, 0.2) is 9.84 Å². The van der Waals surface area contributed by atoms with Crippen LogP contribution in [0, 0.1) is 5.92 Å². The van der Waals surface area contributed by atoms with Crippen LogP contribution in [0.3, 0.4) is 0 Å². The van der Waals surface area contributed by atoms with Gasteiger partial charge in [0.25, 0.3) is 0 Å². The molecule has 0 spiro atoms. The summed E-state index contributed by atoms with van der Waals surface area (Å²) in [6, 6.07) is 7.10. The van der Waals surface area contributed by atoms with Crippen LogP contribution in [-0.4, -0.2) is 30.8 Å². The number of aromatic nitrogens is 1. The summed E-state index contributed by atoms with van der Waals surface area (Å²) in [6.45, 7) is 0. The Morgan fingerprint density at radius 2 is 1.91 bits per heavy atom. The van der Waals surface area contributed by atoms with Gasteiger partial charge in [-0.05, 0) is 42.7 Å². The largest absolute Gasteiger partial charge is 0.416 e. The molecule has 0 unspecified atom stereocenters. The first-order valence-corrected chi connectivity index (χ1v) is 13.1. The minimum Gasteiger partial charge on any atom is -0.324 e. The van der Waals surface area contributed by atoms with Crippen LogP contribution in [-0.2, 0) is 20.8 Å². The Morgan fingerprint density at radius 1 is 1.16 bits per heavy atom. The van der Waals surface area contributed by atoms with E-state index < -0.39 is 21.6 Å². The van der Waals surface area contributed by atoms with Crippen molar-refractivity contribution in [3.63, 3.8) is 0 Å². The monoisotopic (exact) mass is 486 g/mol. The molecule has 1 aliphatic carbocycles. The molecule has 1 fully saturated rings. The van der Waals surface area contributed by atoms with Crippen LogP contribution in [0.4, 0.5) is 18.9 Å². The molecule has 3 rings (SSSR count). The molecule has 174 valence electrons. The zero-order valence-electron chi connectivity index (χ0n) is 17.4. The Hall–Kier alpha value is -2.07. The average Bonchev–Trinajstić information content (AvgIpc) is 3.27. The molecule has 2 aromatic rings. The minimum absolute atomic E-state index is 0.0839. The van der Waals surface area contributed by atoms with Crippen molar-refractivity contribution < 1.29 is 26.4 Å². The summed E-state index contributed by atoms with van der Waals surface area (Å²) >= 11 is 1.14. The van der Waals surface area contributed by atoms with Gasteiger partial charge in [-0.1, -0.05) is 31.7 Å². The fraction of sp³-hybridized carbons (Fsp3) is 0.455. The fourth-order valence-corrected chi connectivity index (χ4v) is 6.32. The molecule has 0 radical (unpaired) electrons. The van der Waals surface area contributed by atoms with E-state index in [0.717, 1.165) is 36.4 Å². The molecule has 5 nitrogen and oxygen atoms in total. The van der Waals surface area contributed by atoms with Crippen LogP contribution in [0.2, 0.25) is 0 Å². The van der Waals surface area contributed by atoms with Crippen molar-refractivity contribution in [3.8, 4) is 0 Å². The van der Waals surface area contributed by atoms with Crippen molar-refractivity contribution in [1.82, 2.24) is 4.98 Å². The Balaban J connectivity index is 1.57. The summed E-state index contributed by atoms with van der Waals surface area (Å²) in [7, 11) is -3.90. The molecule has 32 heavy (non-hydrogen) atoms. The first-order valence-electron chi connectivity index (χ1n) is 10.4. The lowest BCUT2D eigenvalue weighted by molar-refractivity contribution is -0.137. The number of benzene rings is 1. The molecule has 1 saturated carbocycles. The van der Waals surface area contributed by atoms with Gasteiger partial charge in [0.2, 0.25) is 5.91 Å². The second-order valence-corrected chi connectivity index (χ2v) is 11.0. The third-order valence-corrected chi connectivity index (χ3v) is 8.39. The number of nitrogens with zero attached hydrogens (tertiary/aromatic N) is 1. The van der Waals surface area contributed by atoms with Crippen LogP contribution in [0.15, 0.2) is 52.5 Å². The Morgan fingerprint density at radius 3 is 2.62 bits per heavy atom. The standard InChI is InChI=1S/C22H25F3N2O3S2/c23-22(24,25)17-7-3-8-18(15-17)32(29,30)14-13-31-21-19(9-4-12-26-21)27-20(28)11-10-16-5-1-2-6-16/h3-4,7-9,12,15-16H,1-2,5-6,10-11,13-14H2,(H,27,28). The summed E-state index contributed by atoms with van der Waals surface area (Å²) < 4.78 is 63.6. The molecule has 10 heteroatoms. The van der Waals surface area contributed by atoms with Crippen molar-refractivity contribution in [1.29, 1.82) is 0 Å². The molecule has 1 heterocycles. The number of sulfone groups is 1. The second kappa shape index (κ2) is 10.7. The summed E-state index contributed by atoms with van der Waals surface area (Å²) in [5.41, 5.74) is -0.496. The van der Waals surface area contributed by atoms with E-state index in [2.05, 4.69) is 10.3 Å². The number of nitrogens with one attached hydrogen (secondary N) is 1. The van der Waals surface area contributed by atoms with Crippen LogP contribution in [0.1, 0.15) is 44.1 Å². The predicted octanol–water partition coefficient (Wildman–Crippen LogP) is 5.58. The van der Waals surface area contributed by atoms with E-state index in [9.17, 15) is 26.4 Å². The van der Waals surface area contributed by atoms with Gasteiger partial charge in [0.05, 0.1) is 21.9 Å². The highest BCUT2D eigenvalue weighted by Gasteiger charge is 2.31. The normalized spacial score (nSPS) is 15.1. The highest BCUT2D eigenvalue weighted by molar-refractivity contribution is 8.00. The van der Waals surface area contributed by atoms with Crippen molar-refractivity contribution in [3.05, 3.63) is 48.2 Å². The van der Waals surface area contributed by atoms with Crippen LogP contribution >= 0.6 is 11.8 Å². The third kappa shape index (κ3) is 6.96. The van der Waals surface area contributed by atoms with Gasteiger partial charge in [-0.25, -0.2) is 13.4 Å². The van der Waals surface area contributed by atoms with Gasteiger partial charge in [-0.2, -0.15) is 13.2 Å². The number of carbonyl (C=O) groups is 1. The van der Waals surface area contributed by atoms with E-state index in [0.29, 0.717) is 29.1 Å². The minimum atomic E-state index is -4.61. The third-order valence-electron chi connectivity index (χ3n) is 5.41. The lowest BCUT2D eigenvalue weighted by Crippen LogP contribution is -2.14. The van der Waals surface area contributed by atoms with E-state index in [-0.39, 0.29) is 22.3 Å². The maximum absolute atomic E-state index is 12.9. The van der Waals surface area contributed by atoms with E-state index in [4.69, 9.17) is 0 Å². The van der Waals surface area contributed by atoms with Crippen molar-refractivity contribution >= 4 is 33.2 Å². The molecular weight excluding hydrogens is 461 g/mol. The molecule has 1 amide bonds. The van der Waals surface area contributed by atoms with Crippen molar-refractivity contribution in [2.45, 2.75) is 54.6 Å². The topological polar surface area (TPSA) is 76.1 Å². The number of amides is 1. The molecule has 0 atom stereocenters. The molecular formula is C22H25F3N2O3S2. The van der Waals surface area contributed by atoms with Gasteiger partial charge < -0.3 is 5.32 Å². The number of anilines is 1. The van der Waals surface area contributed by atoms with Gasteiger partial charge in [0.1, 0.15) is 5.03 Å². The second-order valence-electron chi connectivity index (χ2n) is 7.79. The maximum atomic E-state index is 12.9. The first-order chi connectivity index (χ1) is 15.1. The summed E-state index contributed by atoms with van der Waals surface area (Å²) in [4.78, 5) is 16.2. The van der Waals surface area contributed by atoms with E-state index in [1.54, 1.807) is 12.1 Å². The molecule has 0 saturated heterocycles. The van der Waals surface area contributed by atoms with Crippen LogP contribution in [0.25, 0.3) is 0 Å². The number of pyridine rings is 1. The maximum Gasteiger partial charge on any atom is 0.416 e. The fourth-order valence-electron chi connectivity index (χ4n) is 3.68. The zero-order chi connectivity index (χ0) is 23.2. The number of hydrogen-bond donors (Lipinski definition) is 1. The molecule has 1 aromatic carbocycles. The lowest BCUT2D eigenvalue weighted by atomic mass is 10.0. The SMILES string of the molecule is O=C(CCC1CCCC1)Nc1cccnc1SCCS(=O)(=O)c1cccc(C(F)(F)F)c1. The van der Waals surface area contributed by atoms with E-state index in [1.165, 1.54) is 31.9 Å². The number of thioether (sulfide) groups is 1. The van der Waals surface area contributed by atoms with E-state index in [1.807, 2.05) is 0 Å². The Bertz CT molecular complexity index is 1040. The summed E-state index contributed by atoms with van der Waals surface area (Å²) in [6.07, 6.45) is 2.98. The highest BCUT2D eigenvalue weighted by atomic mass is 32.2. The highest BCUT2D eigenvalue weighted by Crippen LogP contribution is 2.32. The smallest absolute Gasteiger partial charge is 0.324 e. The van der Waals surface area contributed by atoms with Crippen LogP contribution < -0.4 is 5.32 Å². The van der Waals surface area contributed by atoms with Gasteiger partial charge in [0, 0.05) is 18.4 Å². The number of hydrogen-bond acceptors (Lipinski definition) is 5. The molecule has 0 bridgehead atoms. The average molecular weight is 487 g/mol. The van der Waals surface area contributed by atoms with Crippen molar-refractivity contribution in [2.24, 2.45) is 5.92 Å². The van der Waals surface area contributed by atoms with E-state index >= 15 is 0 Å². The van der Waals surface area contributed by atoms with Gasteiger partial charge in [-0.3, -0.25) is 4.79 Å². The summed E-state index contributed by atoms with van der Waals surface area (Å²) in [5.74, 6) is 0.221. The van der Waals surface area contributed by atoms with Crippen LogP contribution in [0.5, 0.6) is 0 Å². The molecule has 1 aromatic heterocycles. The molecule has 1 N–H and O–H groups in total. The number of rotatable bonds is 9. The zero-order valence-corrected chi connectivity index (χ0v) is 19.0. The Labute approximate surface area is 190 Å². The molecule has 1 aliphatic rings. The lowest BCUT2D eigenvalue weighted by Gasteiger charge is -2.12. The quantitative estimate of drug-likeness (QED) is 0.469. The Kier molecular flexibility index (Phi) is 8.21. The van der Waals surface area contributed by atoms with Gasteiger partial charge in [-0.15, -0.1) is 11.8 Å². The molecule has 0 aliphatic heterocycles. The number of carbonyl (C=O) groups excluding carboxylic acids is 1. The summed E-state index contributed by atoms with van der Waals surface area (Å²) in [5, 5.41) is 3.31. The first kappa shape index (κ1) is 24.6. The number of halogens is 3. The number of alkyl halides is 3. The van der Waals surface area contributed by atoms with Gasteiger partial charge >= 0.3 is 6.18 Å². The van der Waals surface area contributed by atoms with Crippen molar-refractivity contribution in [2.75, 3.05) is 16.8 Å². The predicted molar refractivity (Wildman–Crippen MR) is 118 cm³/mol.